The number of furan rings is 1. The Bertz CT molecular complexity index is 1210. The Morgan fingerprint density at radius 3 is 2.72 bits per heavy atom. The number of hydrogen-bond donors (Lipinski definition) is 1. The number of pyridine rings is 1. The van der Waals surface area contributed by atoms with Crippen LogP contribution < -0.4 is 0 Å². The first-order valence-electron chi connectivity index (χ1n) is 9.49. The van der Waals surface area contributed by atoms with E-state index in [1.165, 1.54) is 6.07 Å². The molecule has 0 atom stereocenters. The number of nitrogens with one attached hydrogen (secondary N) is 1. The second-order valence-corrected chi connectivity index (χ2v) is 7.32. The van der Waals surface area contributed by atoms with Gasteiger partial charge in [0, 0.05) is 17.6 Å². The smallest absolute Gasteiger partial charge is 0.449 e. The zero-order chi connectivity index (χ0) is 20.2. The van der Waals surface area contributed by atoms with Crippen LogP contribution in [0, 0.1) is 0 Å². The third-order valence-electron chi connectivity index (χ3n) is 5.48. The lowest BCUT2D eigenvalue weighted by atomic mass is 9.95. The minimum atomic E-state index is -4.99. The summed E-state index contributed by atoms with van der Waals surface area (Å²) >= 11 is 0. The molecule has 4 aromatic heterocycles. The molecule has 4 heterocycles. The quantitative estimate of drug-likeness (QED) is 0.464. The average Bonchev–Trinajstić information content (AvgIpc) is 3.43. The summed E-state index contributed by atoms with van der Waals surface area (Å²) in [5.41, 5.74) is 2.23. The summed E-state index contributed by atoms with van der Waals surface area (Å²) < 4.78 is 45.7. The van der Waals surface area contributed by atoms with Crippen LogP contribution in [-0.2, 0) is 0 Å². The second kappa shape index (κ2) is 6.47. The van der Waals surface area contributed by atoms with Gasteiger partial charge in [0.2, 0.25) is 0 Å². The Kier molecular flexibility index (Phi) is 4.01. The Labute approximate surface area is 162 Å². The van der Waals surface area contributed by atoms with Crippen molar-refractivity contribution in [3.63, 3.8) is 0 Å². The monoisotopic (exact) mass is 402 g/mol. The van der Waals surface area contributed by atoms with Gasteiger partial charge >= 0.3 is 12.0 Å². The number of rotatable bonds is 3. The molecule has 6 nitrogen and oxygen atoms in total. The number of halogens is 3. The normalized spacial score (nSPS) is 16.1. The van der Waals surface area contributed by atoms with Crippen LogP contribution >= 0.6 is 0 Å². The number of H-pyrrole nitrogens is 1. The SMILES string of the molecule is O=C(c1ccc(-c2nc3cnc4[nH]ccc4c3n2C2CCCCC2)o1)C(F)(F)F. The van der Waals surface area contributed by atoms with Crippen molar-refractivity contribution in [2.45, 2.75) is 44.3 Å². The highest BCUT2D eigenvalue weighted by atomic mass is 19.4. The molecule has 0 aromatic carbocycles. The van der Waals surface area contributed by atoms with Crippen molar-refractivity contribution < 1.29 is 22.4 Å². The lowest BCUT2D eigenvalue weighted by Crippen LogP contribution is -2.22. The third kappa shape index (κ3) is 2.92. The van der Waals surface area contributed by atoms with Crippen molar-refractivity contribution in [3.8, 4) is 11.6 Å². The van der Waals surface area contributed by atoms with E-state index in [-0.39, 0.29) is 11.8 Å². The summed E-state index contributed by atoms with van der Waals surface area (Å²) in [7, 11) is 0. The highest BCUT2D eigenvalue weighted by molar-refractivity contribution is 6.02. The first-order valence-corrected chi connectivity index (χ1v) is 9.49. The van der Waals surface area contributed by atoms with Crippen molar-refractivity contribution in [1.82, 2.24) is 19.5 Å². The molecule has 0 aliphatic heterocycles. The minimum absolute atomic E-state index is 0.142. The molecule has 1 aliphatic carbocycles. The predicted octanol–water partition coefficient (Wildman–Crippen LogP) is 5.42. The summed E-state index contributed by atoms with van der Waals surface area (Å²) in [6.45, 7) is 0. The first-order chi connectivity index (χ1) is 13.9. The van der Waals surface area contributed by atoms with Gasteiger partial charge in [0.15, 0.2) is 17.3 Å². The van der Waals surface area contributed by atoms with Gasteiger partial charge in [-0.1, -0.05) is 19.3 Å². The number of Topliss-reactive ketones (excluding diaryl/α,β-unsaturated/α-hetero) is 1. The molecule has 0 unspecified atom stereocenters. The number of carbonyl (C=O) groups excluding carboxylic acids is 1. The topological polar surface area (TPSA) is 76.7 Å². The summed E-state index contributed by atoms with van der Waals surface area (Å²) in [5.74, 6) is -2.18. The van der Waals surface area contributed by atoms with Crippen LogP contribution in [0.5, 0.6) is 0 Å². The van der Waals surface area contributed by atoms with Crippen molar-refractivity contribution in [1.29, 1.82) is 0 Å². The molecular weight excluding hydrogens is 385 g/mol. The van der Waals surface area contributed by atoms with E-state index in [1.54, 1.807) is 12.4 Å². The molecule has 0 saturated heterocycles. The van der Waals surface area contributed by atoms with E-state index in [0.717, 1.165) is 49.1 Å². The van der Waals surface area contributed by atoms with Gasteiger partial charge < -0.3 is 14.0 Å². The molecule has 1 N–H and O–H groups in total. The van der Waals surface area contributed by atoms with Gasteiger partial charge in [0.05, 0.1) is 11.7 Å². The van der Waals surface area contributed by atoms with Gasteiger partial charge in [0.1, 0.15) is 11.2 Å². The zero-order valence-electron chi connectivity index (χ0n) is 15.3. The van der Waals surface area contributed by atoms with E-state index < -0.39 is 17.7 Å². The van der Waals surface area contributed by atoms with Gasteiger partial charge in [0.25, 0.3) is 0 Å². The summed E-state index contributed by atoms with van der Waals surface area (Å²) in [5, 5.41) is 0.893. The average molecular weight is 402 g/mol. The molecule has 4 aromatic rings. The molecule has 1 saturated carbocycles. The molecular formula is C20H17F3N4O2. The predicted molar refractivity (Wildman–Crippen MR) is 99.6 cm³/mol. The van der Waals surface area contributed by atoms with E-state index in [2.05, 4.69) is 15.0 Å². The zero-order valence-corrected chi connectivity index (χ0v) is 15.3. The maximum absolute atomic E-state index is 12.8. The van der Waals surface area contributed by atoms with E-state index in [0.29, 0.717) is 17.0 Å². The van der Waals surface area contributed by atoms with Crippen molar-refractivity contribution in [2.75, 3.05) is 0 Å². The summed E-state index contributed by atoms with van der Waals surface area (Å²) in [4.78, 5) is 23.6. The summed E-state index contributed by atoms with van der Waals surface area (Å²) in [6, 6.07) is 4.49. The van der Waals surface area contributed by atoms with Gasteiger partial charge in [-0.15, -0.1) is 0 Å². The molecule has 1 fully saturated rings. The highest BCUT2D eigenvalue weighted by Gasteiger charge is 2.41. The molecule has 0 bridgehead atoms. The molecule has 0 amide bonds. The highest BCUT2D eigenvalue weighted by Crippen LogP contribution is 2.38. The molecule has 9 heteroatoms. The number of imidazole rings is 1. The molecule has 1 aliphatic rings. The van der Waals surface area contributed by atoms with Crippen LogP contribution in [0.25, 0.3) is 33.7 Å². The van der Waals surface area contributed by atoms with Crippen LogP contribution in [0.3, 0.4) is 0 Å². The number of hydrogen-bond acceptors (Lipinski definition) is 4. The van der Waals surface area contributed by atoms with E-state index in [4.69, 9.17) is 4.42 Å². The van der Waals surface area contributed by atoms with Crippen LogP contribution in [0.2, 0.25) is 0 Å². The number of alkyl halides is 3. The van der Waals surface area contributed by atoms with Gasteiger partial charge in [-0.05, 0) is 31.0 Å². The number of ketones is 1. The van der Waals surface area contributed by atoms with E-state index in [1.807, 2.05) is 10.6 Å². The van der Waals surface area contributed by atoms with E-state index >= 15 is 0 Å². The first kappa shape index (κ1) is 18.0. The van der Waals surface area contributed by atoms with Crippen LogP contribution in [0.1, 0.15) is 48.7 Å². The van der Waals surface area contributed by atoms with Crippen LogP contribution in [0.4, 0.5) is 13.2 Å². The maximum Gasteiger partial charge on any atom is 0.458 e. The molecule has 0 spiro atoms. The van der Waals surface area contributed by atoms with Crippen molar-refractivity contribution >= 4 is 27.9 Å². The van der Waals surface area contributed by atoms with Gasteiger partial charge in [-0.25, -0.2) is 9.97 Å². The Balaban J connectivity index is 1.71. The lowest BCUT2D eigenvalue weighted by molar-refractivity contribution is -0.0899. The number of aromatic amines is 1. The molecule has 5 rings (SSSR count). The van der Waals surface area contributed by atoms with Crippen molar-refractivity contribution in [3.05, 3.63) is 36.4 Å². The standard InChI is InChI=1S/C20H17F3N4O2/c21-20(22,23)17(28)14-6-7-15(29-14)19-26-13-10-25-18-12(8-9-24-18)16(13)27(19)11-4-2-1-3-5-11/h6-11H,1-5H2,(H,24,25). The summed E-state index contributed by atoms with van der Waals surface area (Å²) in [6.07, 6.45) is 3.64. The Morgan fingerprint density at radius 1 is 1.17 bits per heavy atom. The fourth-order valence-corrected chi connectivity index (χ4v) is 4.18. The number of aromatic nitrogens is 4. The molecule has 0 radical (unpaired) electrons. The Hall–Kier alpha value is -3.10. The fourth-order valence-electron chi connectivity index (χ4n) is 4.18. The number of nitrogens with zero attached hydrogens (tertiary/aromatic N) is 3. The maximum atomic E-state index is 12.8. The largest absolute Gasteiger partial charge is 0.458 e. The lowest BCUT2D eigenvalue weighted by Gasteiger charge is -2.25. The number of fused-ring (bicyclic) bond motifs is 3. The van der Waals surface area contributed by atoms with Crippen LogP contribution in [-0.4, -0.2) is 31.5 Å². The second-order valence-electron chi connectivity index (χ2n) is 7.32. The molecule has 150 valence electrons. The number of carbonyl (C=O) groups is 1. The van der Waals surface area contributed by atoms with Gasteiger partial charge in [-0.2, -0.15) is 13.2 Å². The fraction of sp³-hybridized carbons (Fsp3) is 0.350. The van der Waals surface area contributed by atoms with E-state index in [9.17, 15) is 18.0 Å². The van der Waals surface area contributed by atoms with Crippen molar-refractivity contribution in [2.24, 2.45) is 0 Å². The Morgan fingerprint density at radius 2 is 1.97 bits per heavy atom. The third-order valence-corrected chi connectivity index (χ3v) is 5.48. The minimum Gasteiger partial charge on any atom is -0.449 e. The molecule has 29 heavy (non-hydrogen) atoms. The van der Waals surface area contributed by atoms with Crippen LogP contribution in [0.15, 0.2) is 35.0 Å². The van der Waals surface area contributed by atoms with Gasteiger partial charge in [-0.3, -0.25) is 4.79 Å².